The van der Waals surface area contributed by atoms with Crippen molar-refractivity contribution in [2.75, 3.05) is 18.5 Å². The lowest BCUT2D eigenvalue weighted by atomic mass is 9.90. The third-order valence-corrected chi connectivity index (χ3v) is 5.03. The molecular weight excluding hydrogens is 328 g/mol. The monoisotopic (exact) mass is 350 g/mol. The first kappa shape index (κ1) is 16.8. The SMILES string of the molecule is Cn1c(-c2ccc(NC(=O)C3(N)CCOCC3)cc2)nc2ccccc21. The number of carbonyl (C=O) groups is 1. The highest BCUT2D eigenvalue weighted by molar-refractivity contribution is 5.98. The van der Waals surface area contributed by atoms with Crippen LogP contribution in [0.1, 0.15) is 12.8 Å². The van der Waals surface area contributed by atoms with Gasteiger partial charge in [-0.2, -0.15) is 0 Å². The van der Waals surface area contributed by atoms with Crippen LogP contribution >= 0.6 is 0 Å². The van der Waals surface area contributed by atoms with E-state index < -0.39 is 5.54 Å². The predicted molar refractivity (Wildman–Crippen MR) is 102 cm³/mol. The number of benzene rings is 2. The summed E-state index contributed by atoms with van der Waals surface area (Å²) in [7, 11) is 2.00. The maximum absolute atomic E-state index is 12.5. The summed E-state index contributed by atoms with van der Waals surface area (Å²) >= 11 is 0. The summed E-state index contributed by atoms with van der Waals surface area (Å²) in [5.41, 5.74) is 9.15. The van der Waals surface area contributed by atoms with Gasteiger partial charge in [0.1, 0.15) is 11.4 Å². The maximum atomic E-state index is 12.5. The van der Waals surface area contributed by atoms with Crippen LogP contribution in [-0.2, 0) is 16.6 Å². The summed E-state index contributed by atoms with van der Waals surface area (Å²) in [5, 5.41) is 2.93. The molecule has 0 saturated carbocycles. The molecular formula is C20H22N4O2. The molecule has 2 heterocycles. The van der Waals surface area contributed by atoms with E-state index >= 15 is 0 Å². The lowest BCUT2D eigenvalue weighted by Crippen LogP contribution is -2.54. The molecule has 0 aliphatic carbocycles. The summed E-state index contributed by atoms with van der Waals surface area (Å²) in [4.78, 5) is 17.2. The van der Waals surface area contributed by atoms with Crippen LogP contribution in [0.15, 0.2) is 48.5 Å². The van der Waals surface area contributed by atoms with Crippen LogP contribution < -0.4 is 11.1 Å². The molecule has 6 heteroatoms. The van der Waals surface area contributed by atoms with Crippen molar-refractivity contribution in [1.82, 2.24) is 9.55 Å². The number of amides is 1. The van der Waals surface area contributed by atoms with Crippen LogP contribution in [0.25, 0.3) is 22.4 Å². The highest BCUT2D eigenvalue weighted by atomic mass is 16.5. The number of anilines is 1. The average molecular weight is 350 g/mol. The van der Waals surface area contributed by atoms with Crippen LogP contribution in [0.3, 0.4) is 0 Å². The largest absolute Gasteiger partial charge is 0.381 e. The molecule has 0 radical (unpaired) electrons. The fourth-order valence-electron chi connectivity index (χ4n) is 3.32. The third-order valence-electron chi connectivity index (χ3n) is 5.03. The molecule has 3 aromatic rings. The van der Waals surface area contributed by atoms with Gasteiger partial charge in [0.2, 0.25) is 5.91 Å². The molecule has 1 saturated heterocycles. The topological polar surface area (TPSA) is 82.2 Å². The Morgan fingerprint density at radius 2 is 1.85 bits per heavy atom. The van der Waals surface area contributed by atoms with E-state index in [4.69, 9.17) is 15.5 Å². The number of aromatic nitrogens is 2. The molecule has 134 valence electrons. The predicted octanol–water partition coefficient (Wildman–Crippen LogP) is 2.69. The molecule has 1 amide bonds. The Labute approximate surface area is 152 Å². The van der Waals surface area contributed by atoms with Gasteiger partial charge in [0.15, 0.2) is 0 Å². The van der Waals surface area contributed by atoms with Crippen molar-refractivity contribution in [2.45, 2.75) is 18.4 Å². The van der Waals surface area contributed by atoms with Crippen molar-refractivity contribution in [3.8, 4) is 11.4 Å². The number of rotatable bonds is 3. The first-order valence-corrected chi connectivity index (χ1v) is 8.77. The zero-order valence-corrected chi connectivity index (χ0v) is 14.7. The molecule has 0 unspecified atom stereocenters. The first-order valence-electron chi connectivity index (χ1n) is 8.77. The molecule has 0 bridgehead atoms. The Hall–Kier alpha value is -2.70. The lowest BCUT2D eigenvalue weighted by molar-refractivity contribution is -0.124. The van der Waals surface area contributed by atoms with Crippen LogP contribution in [0.5, 0.6) is 0 Å². The van der Waals surface area contributed by atoms with Crippen molar-refractivity contribution >= 4 is 22.6 Å². The van der Waals surface area contributed by atoms with Crippen molar-refractivity contribution in [2.24, 2.45) is 12.8 Å². The van der Waals surface area contributed by atoms with Crippen LogP contribution in [0, 0.1) is 0 Å². The highest BCUT2D eigenvalue weighted by Gasteiger charge is 2.35. The van der Waals surface area contributed by atoms with E-state index in [0.29, 0.717) is 26.1 Å². The van der Waals surface area contributed by atoms with E-state index in [1.165, 1.54) is 0 Å². The number of hydrogen-bond donors (Lipinski definition) is 2. The second kappa shape index (κ2) is 6.55. The number of fused-ring (bicyclic) bond motifs is 1. The van der Waals surface area contributed by atoms with E-state index in [9.17, 15) is 4.79 Å². The smallest absolute Gasteiger partial charge is 0.244 e. The zero-order valence-electron chi connectivity index (χ0n) is 14.7. The minimum atomic E-state index is -0.853. The Morgan fingerprint density at radius 1 is 1.15 bits per heavy atom. The maximum Gasteiger partial charge on any atom is 0.244 e. The second-order valence-corrected chi connectivity index (χ2v) is 6.78. The molecule has 1 aliphatic rings. The fourth-order valence-corrected chi connectivity index (χ4v) is 3.32. The second-order valence-electron chi connectivity index (χ2n) is 6.78. The number of nitrogens with zero attached hydrogens (tertiary/aromatic N) is 2. The summed E-state index contributed by atoms with van der Waals surface area (Å²) in [5.74, 6) is 0.736. The lowest BCUT2D eigenvalue weighted by Gasteiger charge is -2.31. The standard InChI is InChI=1S/C20H22N4O2/c1-24-17-5-3-2-4-16(17)23-18(24)14-6-8-15(9-7-14)22-19(25)20(21)10-12-26-13-11-20/h2-9H,10-13,21H2,1H3,(H,22,25). The van der Waals surface area contributed by atoms with Gasteiger partial charge in [-0.3, -0.25) is 4.79 Å². The Bertz CT molecular complexity index is 940. The first-order chi connectivity index (χ1) is 12.6. The van der Waals surface area contributed by atoms with E-state index in [1.807, 2.05) is 49.5 Å². The number of para-hydroxylation sites is 2. The van der Waals surface area contributed by atoms with Gasteiger partial charge < -0.3 is 20.4 Å². The number of carbonyl (C=O) groups excluding carboxylic acids is 1. The number of nitrogens with two attached hydrogens (primary N) is 1. The molecule has 0 spiro atoms. The van der Waals surface area contributed by atoms with Gasteiger partial charge in [-0.15, -0.1) is 0 Å². The highest BCUT2D eigenvalue weighted by Crippen LogP contribution is 2.25. The number of aryl methyl sites for hydroxylation is 1. The quantitative estimate of drug-likeness (QED) is 0.761. The molecule has 2 aromatic carbocycles. The van der Waals surface area contributed by atoms with Gasteiger partial charge in [-0.05, 0) is 49.2 Å². The summed E-state index contributed by atoms with van der Waals surface area (Å²) in [6.45, 7) is 1.05. The van der Waals surface area contributed by atoms with Gasteiger partial charge in [-0.1, -0.05) is 12.1 Å². The Kier molecular flexibility index (Phi) is 4.22. The number of imidazole rings is 1. The average Bonchev–Trinajstić information content (AvgIpc) is 3.00. The van der Waals surface area contributed by atoms with E-state index in [1.54, 1.807) is 0 Å². The van der Waals surface area contributed by atoms with Crippen molar-refractivity contribution in [3.63, 3.8) is 0 Å². The van der Waals surface area contributed by atoms with Crippen molar-refractivity contribution in [3.05, 3.63) is 48.5 Å². The molecule has 26 heavy (non-hydrogen) atoms. The fraction of sp³-hybridized carbons (Fsp3) is 0.300. The molecule has 1 aromatic heterocycles. The zero-order chi connectivity index (χ0) is 18.1. The van der Waals surface area contributed by atoms with E-state index in [-0.39, 0.29) is 5.91 Å². The molecule has 4 rings (SSSR count). The van der Waals surface area contributed by atoms with Crippen LogP contribution in [0.2, 0.25) is 0 Å². The van der Waals surface area contributed by atoms with Crippen molar-refractivity contribution < 1.29 is 9.53 Å². The van der Waals surface area contributed by atoms with Gasteiger partial charge in [0, 0.05) is 31.5 Å². The Morgan fingerprint density at radius 3 is 2.54 bits per heavy atom. The number of nitrogens with one attached hydrogen (secondary N) is 1. The minimum absolute atomic E-state index is 0.156. The third kappa shape index (κ3) is 2.98. The van der Waals surface area contributed by atoms with Gasteiger partial charge in [0.25, 0.3) is 0 Å². The van der Waals surface area contributed by atoms with Crippen molar-refractivity contribution in [1.29, 1.82) is 0 Å². The molecule has 0 atom stereocenters. The molecule has 6 nitrogen and oxygen atoms in total. The summed E-state index contributed by atoms with van der Waals surface area (Å²) in [6, 6.07) is 15.7. The normalized spacial score (nSPS) is 16.5. The molecule has 3 N–H and O–H groups in total. The van der Waals surface area contributed by atoms with Crippen LogP contribution in [0.4, 0.5) is 5.69 Å². The summed E-state index contributed by atoms with van der Waals surface area (Å²) < 4.78 is 7.37. The van der Waals surface area contributed by atoms with Gasteiger partial charge >= 0.3 is 0 Å². The summed E-state index contributed by atoms with van der Waals surface area (Å²) in [6.07, 6.45) is 1.08. The van der Waals surface area contributed by atoms with E-state index in [2.05, 4.69) is 16.0 Å². The van der Waals surface area contributed by atoms with E-state index in [0.717, 1.165) is 28.1 Å². The Balaban J connectivity index is 1.55. The number of hydrogen-bond acceptors (Lipinski definition) is 4. The minimum Gasteiger partial charge on any atom is -0.381 e. The van der Waals surface area contributed by atoms with Gasteiger partial charge in [-0.25, -0.2) is 4.98 Å². The molecule has 1 aliphatic heterocycles. The van der Waals surface area contributed by atoms with Gasteiger partial charge in [0.05, 0.1) is 11.0 Å². The van der Waals surface area contributed by atoms with Crippen LogP contribution in [-0.4, -0.2) is 34.2 Å². The number of ether oxygens (including phenoxy) is 1. The molecule has 1 fully saturated rings.